The molecule has 30 heavy (non-hydrogen) atoms. The molecule has 4 nitrogen and oxygen atoms in total. The minimum Gasteiger partial charge on any atom is -0.404 e. The molecule has 3 aromatic rings. The summed E-state index contributed by atoms with van der Waals surface area (Å²) < 4.78 is 12.8. The molecule has 5 rings (SSSR count). The Labute approximate surface area is 179 Å². The standard InChI is InChI=1S/C24H26B2N2O2/c1-23(2)19-9-5-7-11-21(19)27-25(29-23)17-13-15-18(16-14-17)26-28-22-12-8-6-10-20(22)24(3,4)30-26/h5-16,27-28H,1-4H3. The fourth-order valence-electron chi connectivity index (χ4n) is 4.47. The van der Waals surface area contributed by atoms with E-state index in [4.69, 9.17) is 9.31 Å². The minimum atomic E-state index is -0.354. The largest absolute Gasteiger partial charge is 0.449 e. The first-order valence-electron chi connectivity index (χ1n) is 10.5. The van der Waals surface area contributed by atoms with Gasteiger partial charge in [-0.25, -0.2) is 0 Å². The number of anilines is 2. The molecule has 2 N–H and O–H groups in total. The molecule has 0 radical (unpaired) electrons. The van der Waals surface area contributed by atoms with Gasteiger partial charge in [-0.3, -0.25) is 0 Å². The highest BCUT2D eigenvalue weighted by molar-refractivity contribution is 6.72. The molecule has 0 bridgehead atoms. The van der Waals surface area contributed by atoms with Crippen molar-refractivity contribution in [2.24, 2.45) is 0 Å². The molecular weight excluding hydrogens is 370 g/mol. The Hall–Kier alpha value is -2.69. The first-order valence-corrected chi connectivity index (χ1v) is 10.5. The van der Waals surface area contributed by atoms with E-state index in [0.717, 1.165) is 22.3 Å². The van der Waals surface area contributed by atoms with E-state index in [1.807, 2.05) is 0 Å². The van der Waals surface area contributed by atoms with Crippen molar-refractivity contribution in [2.75, 3.05) is 10.5 Å². The topological polar surface area (TPSA) is 42.5 Å². The average Bonchev–Trinajstić information content (AvgIpc) is 2.73. The molecule has 2 heterocycles. The Morgan fingerprint density at radius 1 is 0.567 bits per heavy atom. The summed E-state index contributed by atoms with van der Waals surface area (Å²) in [5.74, 6) is 0. The average molecular weight is 396 g/mol. The Balaban J connectivity index is 1.40. The van der Waals surface area contributed by atoms with Crippen LogP contribution in [0.15, 0.2) is 72.8 Å². The van der Waals surface area contributed by atoms with E-state index in [1.54, 1.807) is 0 Å². The fraction of sp³-hybridized carbons (Fsp3) is 0.250. The summed E-state index contributed by atoms with van der Waals surface area (Å²) in [7, 11) is -0.386. The highest BCUT2D eigenvalue weighted by Gasteiger charge is 2.39. The SMILES string of the molecule is CC1(C)OB(c2ccc(B3Nc4ccccc4C(C)(C)O3)cc2)Nc2ccccc21. The van der Waals surface area contributed by atoms with Crippen molar-refractivity contribution in [1.29, 1.82) is 0 Å². The van der Waals surface area contributed by atoms with Crippen LogP contribution in [0.2, 0.25) is 0 Å². The summed E-state index contributed by atoms with van der Waals surface area (Å²) in [6.07, 6.45) is 0. The van der Waals surface area contributed by atoms with Gasteiger partial charge in [0.1, 0.15) is 0 Å². The van der Waals surface area contributed by atoms with Crippen LogP contribution in [-0.2, 0) is 20.5 Å². The number of rotatable bonds is 2. The van der Waals surface area contributed by atoms with E-state index < -0.39 is 0 Å². The predicted molar refractivity (Wildman–Crippen MR) is 126 cm³/mol. The van der Waals surface area contributed by atoms with Crippen molar-refractivity contribution in [2.45, 2.75) is 38.9 Å². The molecule has 0 unspecified atom stereocenters. The molecule has 0 atom stereocenters. The Morgan fingerprint density at radius 2 is 0.933 bits per heavy atom. The lowest BCUT2D eigenvalue weighted by molar-refractivity contribution is 0.107. The van der Waals surface area contributed by atoms with Gasteiger partial charge in [0.2, 0.25) is 0 Å². The third-order valence-corrected chi connectivity index (χ3v) is 6.09. The molecule has 150 valence electrons. The van der Waals surface area contributed by atoms with Crippen molar-refractivity contribution in [3.63, 3.8) is 0 Å². The van der Waals surface area contributed by atoms with Crippen molar-refractivity contribution < 1.29 is 9.31 Å². The number of hydrogen-bond donors (Lipinski definition) is 2. The maximum absolute atomic E-state index is 6.39. The lowest BCUT2D eigenvalue weighted by atomic mass is 9.65. The van der Waals surface area contributed by atoms with Gasteiger partial charge in [0, 0.05) is 22.5 Å². The molecule has 0 spiro atoms. The van der Waals surface area contributed by atoms with E-state index in [2.05, 4.69) is 111 Å². The Kier molecular flexibility index (Phi) is 4.46. The smallest absolute Gasteiger partial charge is 0.404 e. The normalized spacial score (nSPS) is 18.7. The predicted octanol–water partition coefficient (Wildman–Crippen LogP) is 3.83. The van der Waals surface area contributed by atoms with Crippen LogP contribution in [0.5, 0.6) is 0 Å². The van der Waals surface area contributed by atoms with E-state index in [-0.39, 0.29) is 25.3 Å². The second-order valence-corrected chi connectivity index (χ2v) is 9.06. The Bertz CT molecular complexity index is 996. The summed E-state index contributed by atoms with van der Waals surface area (Å²) in [5, 5.41) is 7.05. The van der Waals surface area contributed by atoms with Gasteiger partial charge < -0.3 is 19.8 Å². The number of fused-ring (bicyclic) bond motifs is 2. The van der Waals surface area contributed by atoms with Crippen LogP contribution in [0.3, 0.4) is 0 Å². The minimum absolute atomic E-state index is 0.193. The summed E-state index contributed by atoms with van der Waals surface area (Å²) >= 11 is 0. The zero-order valence-electron chi connectivity index (χ0n) is 17.9. The van der Waals surface area contributed by atoms with Crippen molar-refractivity contribution in [3.05, 3.63) is 83.9 Å². The summed E-state index contributed by atoms with van der Waals surface area (Å²) in [6, 6.07) is 25.2. The van der Waals surface area contributed by atoms with Gasteiger partial charge in [0.15, 0.2) is 0 Å². The van der Waals surface area contributed by atoms with Crippen molar-refractivity contribution in [1.82, 2.24) is 0 Å². The molecule has 0 aliphatic carbocycles. The molecule has 0 saturated carbocycles. The maximum Gasteiger partial charge on any atom is 0.449 e. The third kappa shape index (κ3) is 3.30. The lowest BCUT2D eigenvalue weighted by Gasteiger charge is -2.38. The number of para-hydroxylation sites is 2. The number of hydrogen-bond acceptors (Lipinski definition) is 4. The zero-order valence-corrected chi connectivity index (χ0v) is 17.9. The molecule has 2 aliphatic rings. The summed E-state index contributed by atoms with van der Waals surface area (Å²) in [5.41, 5.74) is 6.09. The highest BCUT2D eigenvalue weighted by atomic mass is 16.5. The molecule has 3 aromatic carbocycles. The highest BCUT2D eigenvalue weighted by Crippen LogP contribution is 2.36. The monoisotopic (exact) mass is 396 g/mol. The molecule has 2 aliphatic heterocycles. The van der Waals surface area contributed by atoms with Gasteiger partial charge in [0.05, 0.1) is 11.2 Å². The van der Waals surface area contributed by atoms with Crippen LogP contribution in [-0.4, -0.2) is 14.1 Å². The molecule has 0 aromatic heterocycles. The third-order valence-electron chi connectivity index (χ3n) is 6.09. The van der Waals surface area contributed by atoms with Crippen molar-refractivity contribution >= 4 is 36.4 Å². The van der Waals surface area contributed by atoms with Gasteiger partial charge in [-0.15, -0.1) is 0 Å². The van der Waals surface area contributed by atoms with Crippen LogP contribution in [0, 0.1) is 0 Å². The van der Waals surface area contributed by atoms with E-state index in [1.165, 1.54) is 11.1 Å². The molecular formula is C24H26B2N2O2. The second kappa shape index (κ2) is 6.93. The molecule has 6 heteroatoms. The number of nitrogens with one attached hydrogen (secondary N) is 2. The van der Waals surface area contributed by atoms with Crippen LogP contribution in [0.4, 0.5) is 11.4 Å². The van der Waals surface area contributed by atoms with Crippen LogP contribution in [0.25, 0.3) is 0 Å². The Morgan fingerprint density at radius 3 is 1.33 bits per heavy atom. The van der Waals surface area contributed by atoms with Crippen LogP contribution >= 0.6 is 0 Å². The van der Waals surface area contributed by atoms with Crippen LogP contribution in [0.1, 0.15) is 38.8 Å². The van der Waals surface area contributed by atoms with Gasteiger partial charge in [-0.2, -0.15) is 0 Å². The molecule has 0 amide bonds. The number of benzene rings is 3. The summed E-state index contributed by atoms with van der Waals surface area (Å²) in [6.45, 7) is 8.47. The van der Waals surface area contributed by atoms with E-state index >= 15 is 0 Å². The van der Waals surface area contributed by atoms with Crippen LogP contribution < -0.4 is 21.4 Å². The maximum atomic E-state index is 6.39. The van der Waals surface area contributed by atoms with Crippen molar-refractivity contribution in [3.8, 4) is 0 Å². The fourth-order valence-corrected chi connectivity index (χ4v) is 4.47. The van der Waals surface area contributed by atoms with E-state index in [0.29, 0.717) is 0 Å². The van der Waals surface area contributed by atoms with Gasteiger partial charge in [-0.1, -0.05) is 60.7 Å². The van der Waals surface area contributed by atoms with Gasteiger partial charge >= 0.3 is 14.1 Å². The zero-order chi connectivity index (χ0) is 20.9. The second-order valence-electron chi connectivity index (χ2n) is 9.06. The van der Waals surface area contributed by atoms with Gasteiger partial charge in [-0.05, 0) is 50.8 Å². The lowest BCUT2D eigenvalue weighted by Crippen LogP contribution is -2.52. The quantitative estimate of drug-likeness (QED) is 0.647. The van der Waals surface area contributed by atoms with E-state index in [9.17, 15) is 0 Å². The molecule has 0 saturated heterocycles. The first-order chi connectivity index (χ1) is 14.3. The first kappa shape index (κ1) is 19.3. The molecule has 0 fully saturated rings. The summed E-state index contributed by atoms with van der Waals surface area (Å²) in [4.78, 5) is 0. The van der Waals surface area contributed by atoms with Gasteiger partial charge in [0.25, 0.3) is 0 Å².